The van der Waals surface area contributed by atoms with Crippen LogP contribution in [0, 0.1) is 13.8 Å². The summed E-state index contributed by atoms with van der Waals surface area (Å²) < 4.78 is 10.7. The Morgan fingerprint density at radius 2 is 1.20 bits per heavy atom. The van der Waals surface area contributed by atoms with Crippen LogP contribution in [0.3, 0.4) is 0 Å². The van der Waals surface area contributed by atoms with Crippen molar-refractivity contribution in [3.63, 3.8) is 0 Å². The average molecular weight is 272 g/mol. The molecule has 2 aromatic rings. The highest BCUT2D eigenvalue weighted by Gasteiger charge is 2.21. The van der Waals surface area contributed by atoms with Crippen LogP contribution in [0.1, 0.15) is 11.1 Å². The predicted molar refractivity (Wildman–Crippen MR) is 75.0 cm³/mol. The molecule has 0 radical (unpaired) electrons. The Labute approximate surface area is 117 Å². The van der Waals surface area contributed by atoms with Gasteiger partial charge in [-0.2, -0.15) is 0 Å². The third-order valence-corrected chi connectivity index (χ3v) is 2.73. The van der Waals surface area contributed by atoms with Gasteiger partial charge < -0.3 is 14.6 Å². The van der Waals surface area contributed by atoms with E-state index in [-0.39, 0.29) is 0 Å². The maximum Gasteiger partial charge on any atom is 0.387 e. The number of carboxylic acid groups (broad SMARTS) is 1. The summed E-state index contributed by atoms with van der Waals surface area (Å²) in [4.78, 5) is 11.2. The van der Waals surface area contributed by atoms with E-state index in [1.807, 2.05) is 38.1 Å². The minimum Gasteiger partial charge on any atom is -0.476 e. The summed E-state index contributed by atoms with van der Waals surface area (Å²) in [5.41, 5.74) is 2.15. The Morgan fingerprint density at radius 1 is 0.850 bits per heavy atom. The third-order valence-electron chi connectivity index (χ3n) is 2.73. The molecule has 0 saturated heterocycles. The van der Waals surface area contributed by atoms with Gasteiger partial charge in [-0.25, -0.2) is 4.79 Å². The first-order valence-corrected chi connectivity index (χ1v) is 6.24. The number of aryl methyl sites for hydroxylation is 2. The summed E-state index contributed by atoms with van der Waals surface area (Å²) in [6.45, 7) is 3.89. The molecular weight excluding hydrogens is 256 g/mol. The molecule has 0 fully saturated rings. The Bertz CT molecular complexity index is 525. The van der Waals surface area contributed by atoms with Crippen LogP contribution >= 0.6 is 0 Å². The molecule has 1 N–H and O–H groups in total. The van der Waals surface area contributed by atoms with Gasteiger partial charge in [-0.15, -0.1) is 0 Å². The molecule has 0 bridgehead atoms. The zero-order valence-corrected chi connectivity index (χ0v) is 11.4. The molecule has 4 nitrogen and oxygen atoms in total. The number of hydrogen-bond donors (Lipinski definition) is 1. The molecule has 0 saturated carbocycles. The van der Waals surface area contributed by atoms with Crippen molar-refractivity contribution in [2.24, 2.45) is 0 Å². The van der Waals surface area contributed by atoms with Crippen LogP contribution in [-0.2, 0) is 4.79 Å². The van der Waals surface area contributed by atoms with Crippen LogP contribution in [0.25, 0.3) is 0 Å². The molecule has 0 aromatic heterocycles. The van der Waals surface area contributed by atoms with Crippen molar-refractivity contribution >= 4 is 5.97 Å². The van der Waals surface area contributed by atoms with Crippen molar-refractivity contribution in [1.82, 2.24) is 0 Å². The molecule has 0 aliphatic carbocycles. The highest BCUT2D eigenvalue weighted by Crippen LogP contribution is 2.17. The van der Waals surface area contributed by atoms with Gasteiger partial charge in [0, 0.05) is 0 Å². The third kappa shape index (κ3) is 3.75. The second kappa shape index (κ2) is 6.10. The molecule has 0 heterocycles. The minimum atomic E-state index is -1.37. The molecule has 0 aliphatic heterocycles. The van der Waals surface area contributed by atoms with Gasteiger partial charge in [0.2, 0.25) is 0 Å². The summed E-state index contributed by atoms with van der Waals surface area (Å²) in [6, 6.07) is 14.2. The fourth-order valence-corrected chi connectivity index (χ4v) is 1.61. The van der Waals surface area contributed by atoms with Crippen LogP contribution in [0.4, 0.5) is 0 Å². The largest absolute Gasteiger partial charge is 0.476 e. The summed E-state index contributed by atoms with van der Waals surface area (Å²) in [7, 11) is 0. The van der Waals surface area contributed by atoms with E-state index >= 15 is 0 Å². The highest BCUT2D eigenvalue weighted by atomic mass is 16.7. The number of hydrogen-bond acceptors (Lipinski definition) is 3. The van der Waals surface area contributed by atoms with Gasteiger partial charge in [-0.1, -0.05) is 35.4 Å². The lowest BCUT2D eigenvalue weighted by molar-refractivity contribution is -0.158. The van der Waals surface area contributed by atoms with Crippen LogP contribution in [0.2, 0.25) is 0 Å². The molecular formula is C16H16O4. The monoisotopic (exact) mass is 272 g/mol. The summed E-state index contributed by atoms with van der Waals surface area (Å²) in [6.07, 6.45) is -1.37. The fourth-order valence-electron chi connectivity index (χ4n) is 1.61. The molecule has 0 unspecified atom stereocenters. The van der Waals surface area contributed by atoms with Gasteiger partial charge in [-0.05, 0) is 38.1 Å². The number of ether oxygens (including phenoxy) is 2. The van der Waals surface area contributed by atoms with Gasteiger partial charge in [-0.3, -0.25) is 0 Å². The lowest BCUT2D eigenvalue weighted by Crippen LogP contribution is -2.33. The van der Waals surface area contributed by atoms with Crippen molar-refractivity contribution in [1.29, 1.82) is 0 Å². The molecule has 0 amide bonds. The number of carboxylic acids is 1. The maximum absolute atomic E-state index is 11.2. The van der Waals surface area contributed by atoms with E-state index < -0.39 is 12.3 Å². The van der Waals surface area contributed by atoms with Crippen LogP contribution in [0.5, 0.6) is 11.5 Å². The van der Waals surface area contributed by atoms with Crippen LogP contribution < -0.4 is 9.47 Å². The summed E-state index contributed by atoms with van der Waals surface area (Å²) in [5.74, 6) is -0.267. The van der Waals surface area contributed by atoms with Crippen LogP contribution in [0.15, 0.2) is 48.5 Å². The molecule has 20 heavy (non-hydrogen) atoms. The SMILES string of the molecule is Cc1ccc(OC(Oc2ccc(C)cc2)C(=O)O)cc1. The molecule has 2 rings (SSSR count). The molecule has 0 atom stereocenters. The predicted octanol–water partition coefficient (Wildman–Crippen LogP) is 3.17. The minimum absolute atomic E-state index is 0.454. The van der Waals surface area contributed by atoms with Gasteiger partial charge in [0.05, 0.1) is 0 Å². The Hall–Kier alpha value is -2.49. The second-order valence-electron chi connectivity index (χ2n) is 4.53. The number of rotatable bonds is 5. The summed E-state index contributed by atoms with van der Waals surface area (Å²) >= 11 is 0. The zero-order valence-electron chi connectivity index (χ0n) is 11.4. The standard InChI is InChI=1S/C16H16O4/c1-11-3-7-13(8-4-11)19-16(15(17)18)20-14-9-5-12(2)6-10-14/h3-10,16H,1-2H3,(H,17,18). The lowest BCUT2D eigenvalue weighted by atomic mass is 10.2. The fraction of sp³-hybridized carbons (Fsp3) is 0.188. The Morgan fingerprint density at radius 3 is 1.50 bits per heavy atom. The van der Waals surface area contributed by atoms with E-state index in [1.54, 1.807) is 24.3 Å². The number of aliphatic carboxylic acids is 1. The number of carbonyl (C=O) groups is 1. The zero-order chi connectivity index (χ0) is 14.5. The first kappa shape index (κ1) is 13.9. The van der Waals surface area contributed by atoms with Crippen LogP contribution in [-0.4, -0.2) is 17.4 Å². The van der Waals surface area contributed by atoms with E-state index in [2.05, 4.69) is 0 Å². The average Bonchev–Trinajstić information content (AvgIpc) is 2.42. The molecule has 2 aromatic carbocycles. The van der Waals surface area contributed by atoms with Gasteiger partial charge in [0.15, 0.2) is 0 Å². The normalized spacial score (nSPS) is 10.3. The summed E-state index contributed by atoms with van der Waals surface area (Å²) in [5, 5.41) is 9.16. The van der Waals surface area contributed by atoms with E-state index in [0.717, 1.165) is 11.1 Å². The first-order chi connectivity index (χ1) is 9.54. The van der Waals surface area contributed by atoms with Gasteiger partial charge >= 0.3 is 12.3 Å². The number of benzene rings is 2. The van der Waals surface area contributed by atoms with E-state index in [4.69, 9.17) is 14.6 Å². The molecule has 0 aliphatic rings. The van der Waals surface area contributed by atoms with Crippen molar-refractivity contribution < 1.29 is 19.4 Å². The Balaban J connectivity index is 2.09. The van der Waals surface area contributed by atoms with Gasteiger partial charge in [0.1, 0.15) is 11.5 Å². The van der Waals surface area contributed by atoms with E-state index in [9.17, 15) is 4.79 Å². The second-order valence-corrected chi connectivity index (χ2v) is 4.53. The molecule has 0 spiro atoms. The molecule has 4 heteroatoms. The topological polar surface area (TPSA) is 55.8 Å². The smallest absolute Gasteiger partial charge is 0.387 e. The maximum atomic E-state index is 11.2. The first-order valence-electron chi connectivity index (χ1n) is 6.24. The van der Waals surface area contributed by atoms with Crippen molar-refractivity contribution in [2.75, 3.05) is 0 Å². The highest BCUT2D eigenvalue weighted by molar-refractivity contribution is 5.71. The van der Waals surface area contributed by atoms with Gasteiger partial charge in [0.25, 0.3) is 0 Å². The van der Waals surface area contributed by atoms with E-state index in [0.29, 0.717) is 11.5 Å². The molecule has 104 valence electrons. The van der Waals surface area contributed by atoms with Crippen molar-refractivity contribution in [3.8, 4) is 11.5 Å². The van der Waals surface area contributed by atoms with Crippen molar-refractivity contribution in [2.45, 2.75) is 20.1 Å². The van der Waals surface area contributed by atoms with Crippen molar-refractivity contribution in [3.05, 3.63) is 59.7 Å². The quantitative estimate of drug-likeness (QED) is 0.849. The lowest BCUT2D eigenvalue weighted by Gasteiger charge is -2.16. The van der Waals surface area contributed by atoms with E-state index in [1.165, 1.54) is 0 Å². The Kier molecular flexibility index (Phi) is 4.25.